The van der Waals surface area contributed by atoms with Crippen LogP contribution in [0.3, 0.4) is 0 Å². The van der Waals surface area contributed by atoms with Crippen LogP contribution < -0.4 is 10.0 Å². The van der Waals surface area contributed by atoms with Crippen LogP contribution in [-0.2, 0) is 10.2 Å². The molecule has 6 heteroatoms. The molecule has 0 unspecified atom stereocenters. The second kappa shape index (κ2) is 8.02. The number of hydrogen-bond donors (Lipinski definition) is 2. The summed E-state index contributed by atoms with van der Waals surface area (Å²) in [4.78, 5) is 0. The fourth-order valence-corrected chi connectivity index (χ4v) is 2.33. The van der Waals surface area contributed by atoms with E-state index in [1.165, 1.54) is 4.31 Å². The highest BCUT2D eigenvalue weighted by molar-refractivity contribution is 7.87. The van der Waals surface area contributed by atoms with E-state index in [2.05, 4.69) is 23.9 Å². The number of nitrogens with one attached hydrogen (secondary N) is 2. The van der Waals surface area contributed by atoms with Crippen LogP contribution >= 0.6 is 0 Å². The van der Waals surface area contributed by atoms with Crippen molar-refractivity contribution in [1.29, 1.82) is 0 Å². The van der Waals surface area contributed by atoms with Crippen molar-refractivity contribution in [3.63, 3.8) is 0 Å². The lowest BCUT2D eigenvalue weighted by Gasteiger charge is -2.19. The van der Waals surface area contributed by atoms with Gasteiger partial charge in [-0.15, -0.1) is 0 Å². The molecule has 0 aromatic carbocycles. The quantitative estimate of drug-likeness (QED) is 0.606. The average molecular weight is 265 g/mol. The summed E-state index contributed by atoms with van der Waals surface area (Å²) < 4.78 is 27.5. The summed E-state index contributed by atoms with van der Waals surface area (Å²) in [6, 6.07) is 0.441. The van der Waals surface area contributed by atoms with Gasteiger partial charge in [0.1, 0.15) is 0 Å². The Labute approximate surface area is 106 Å². The Bertz CT molecular complexity index is 289. The van der Waals surface area contributed by atoms with Crippen LogP contribution in [0.2, 0.25) is 0 Å². The van der Waals surface area contributed by atoms with E-state index in [0.29, 0.717) is 25.0 Å². The van der Waals surface area contributed by atoms with E-state index in [-0.39, 0.29) is 0 Å². The normalized spacial score (nSPS) is 12.9. The molecule has 0 radical (unpaired) electrons. The Morgan fingerprint density at radius 3 is 2.24 bits per heavy atom. The van der Waals surface area contributed by atoms with Crippen molar-refractivity contribution in [2.45, 2.75) is 40.2 Å². The lowest BCUT2D eigenvalue weighted by atomic mass is 10.2. The van der Waals surface area contributed by atoms with Gasteiger partial charge in [0.15, 0.2) is 0 Å². The molecule has 0 fully saturated rings. The topological polar surface area (TPSA) is 61.4 Å². The second-order valence-electron chi connectivity index (χ2n) is 5.03. The third-order valence-corrected chi connectivity index (χ3v) is 3.82. The van der Waals surface area contributed by atoms with Crippen LogP contribution in [0.5, 0.6) is 0 Å². The van der Waals surface area contributed by atoms with Crippen molar-refractivity contribution in [3.8, 4) is 0 Å². The first-order valence-corrected chi connectivity index (χ1v) is 7.64. The van der Waals surface area contributed by atoms with E-state index < -0.39 is 10.2 Å². The first-order valence-electron chi connectivity index (χ1n) is 6.20. The van der Waals surface area contributed by atoms with Gasteiger partial charge in [0.2, 0.25) is 0 Å². The van der Waals surface area contributed by atoms with Crippen molar-refractivity contribution in [3.05, 3.63) is 0 Å². The number of hydrogen-bond acceptors (Lipinski definition) is 3. The summed E-state index contributed by atoms with van der Waals surface area (Å²) in [5.41, 5.74) is 0. The molecule has 0 saturated carbocycles. The average Bonchev–Trinajstić information content (AvgIpc) is 2.21. The number of rotatable bonds is 9. The van der Waals surface area contributed by atoms with Crippen LogP contribution in [0.1, 0.15) is 34.1 Å². The molecule has 0 aromatic heterocycles. The van der Waals surface area contributed by atoms with Gasteiger partial charge in [-0.25, -0.2) is 4.72 Å². The monoisotopic (exact) mass is 265 g/mol. The molecule has 0 aromatic rings. The first kappa shape index (κ1) is 16.8. The van der Waals surface area contributed by atoms with Crippen LogP contribution in [-0.4, -0.2) is 45.4 Å². The van der Waals surface area contributed by atoms with E-state index in [9.17, 15) is 8.42 Å². The Kier molecular flexibility index (Phi) is 7.94. The third kappa shape index (κ3) is 8.54. The SMILES string of the molecule is CC(C)CNS(=O)(=O)N(C)CCCNC(C)C. The summed E-state index contributed by atoms with van der Waals surface area (Å²) in [5.74, 6) is 0.320. The molecule has 17 heavy (non-hydrogen) atoms. The van der Waals surface area contributed by atoms with E-state index >= 15 is 0 Å². The Morgan fingerprint density at radius 1 is 1.18 bits per heavy atom. The van der Waals surface area contributed by atoms with E-state index in [0.717, 1.165) is 13.0 Å². The summed E-state index contributed by atoms with van der Waals surface area (Å²) in [6.45, 7) is 9.96. The Hall–Kier alpha value is -0.170. The molecule has 0 saturated heterocycles. The predicted octanol–water partition coefficient (Wildman–Crippen LogP) is 0.797. The van der Waals surface area contributed by atoms with E-state index in [1.54, 1.807) is 7.05 Å². The standard InChI is InChI=1S/C11H27N3O2S/c1-10(2)9-13-17(15,16)14(5)8-6-7-12-11(3)4/h10-13H,6-9H2,1-5H3. The fourth-order valence-electron chi connectivity index (χ4n) is 1.19. The maximum atomic E-state index is 11.8. The molecule has 0 atom stereocenters. The molecule has 0 amide bonds. The molecule has 0 heterocycles. The molecule has 5 nitrogen and oxygen atoms in total. The number of nitrogens with zero attached hydrogens (tertiary/aromatic N) is 1. The minimum absolute atomic E-state index is 0.320. The highest BCUT2D eigenvalue weighted by Crippen LogP contribution is 1.97. The van der Waals surface area contributed by atoms with Gasteiger partial charge in [0.05, 0.1) is 0 Å². The molecule has 0 aliphatic rings. The van der Waals surface area contributed by atoms with Crippen molar-refractivity contribution in [2.75, 3.05) is 26.7 Å². The van der Waals surface area contributed by atoms with Crippen molar-refractivity contribution >= 4 is 10.2 Å². The molecule has 2 N–H and O–H groups in total. The van der Waals surface area contributed by atoms with Gasteiger partial charge >= 0.3 is 0 Å². The summed E-state index contributed by atoms with van der Waals surface area (Å²) in [5, 5.41) is 3.26. The van der Waals surface area contributed by atoms with Crippen LogP contribution in [0.25, 0.3) is 0 Å². The van der Waals surface area contributed by atoms with E-state index in [1.807, 2.05) is 13.8 Å². The molecule has 0 aliphatic heterocycles. The lowest BCUT2D eigenvalue weighted by molar-refractivity contribution is 0.435. The van der Waals surface area contributed by atoms with Gasteiger partial charge in [-0.1, -0.05) is 27.7 Å². The van der Waals surface area contributed by atoms with Gasteiger partial charge in [-0.3, -0.25) is 0 Å². The summed E-state index contributed by atoms with van der Waals surface area (Å²) in [7, 11) is -1.69. The highest BCUT2D eigenvalue weighted by Gasteiger charge is 2.16. The van der Waals surface area contributed by atoms with E-state index in [4.69, 9.17) is 0 Å². The summed E-state index contributed by atoms with van der Waals surface area (Å²) >= 11 is 0. The van der Waals surface area contributed by atoms with Crippen molar-refractivity contribution in [1.82, 2.24) is 14.3 Å². The van der Waals surface area contributed by atoms with Gasteiger partial charge < -0.3 is 5.32 Å². The minimum Gasteiger partial charge on any atom is -0.314 e. The molecule has 0 aliphatic carbocycles. The van der Waals surface area contributed by atoms with Gasteiger partial charge in [-0.2, -0.15) is 12.7 Å². The Morgan fingerprint density at radius 2 is 1.76 bits per heavy atom. The second-order valence-corrected chi connectivity index (χ2v) is 6.89. The van der Waals surface area contributed by atoms with Gasteiger partial charge in [0, 0.05) is 26.2 Å². The molecular formula is C11H27N3O2S. The van der Waals surface area contributed by atoms with Crippen molar-refractivity contribution < 1.29 is 8.42 Å². The molecule has 0 spiro atoms. The Balaban J connectivity index is 3.91. The molecular weight excluding hydrogens is 238 g/mol. The third-order valence-electron chi connectivity index (χ3n) is 2.29. The molecule has 0 rings (SSSR count). The zero-order chi connectivity index (χ0) is 13.5. The maximum absolute atomic E-state index is 11.8. The van der Waals surface area contributed by atoms with Crippen LogP contribution in [0, 0.1) is 5.92 Å². The predicted molar refractivity (Wildman–Crippen MR) is 72.1 cm³/mol. The zero-order valence-electron chi connectivity index (χ0n) is 11.7. The highest BCUT2D eigenvalue weighted by atomic mass is 32.2. The van der Waals surface area contributed by atoms with Gasteiger partial charge in [0.25, 0.3) is 10.2 Å². The van der Waals surface area contributed by atoms with Crippen LogP contribution in [0.15, 0.2) is 0 Å². The largest absolute Gasteiger partial charge is 0.314 e. The minimum atomic E-state index is -3.30. The van der Waals surface area contributed by atoms with Crippen molar-refractivity contribution in [2.24, 2.45) is 5.92 Å². The van der Waals surface area contributed by atoms with Gasteiger partial charge in [-0.05, 0) is 18.9 Å². The first-order chi connectivity index (χ1) is 7.75. The summed E-state index contributed by atoms with van der Waals surface area (Å²) in [6.07, 6.45) is 0.817. The fraction of sp³-hybridized carbons (Fsp3) is 1.00. The zero-order valence-corrected chi connectivity index (χ0v) is 12.5. The smallest absolute Gasteiger partial charge is 0.279 e. The molecule has 104 valence electrons. The molecule has 0 bridgehead atoms. The lowest BCUT2D eigenvalue weighted by Crippen LogP contribution is -2.41. The van der Waals surface area contributed by atoms with Crippen LogP contribution in [0.4, 0.5) is 0 Å². The maximum Gasteiger partial charge on any atom is 0.279 e.